The molecule has 0 fully saturated rings. The van der Waals surface area contributed by atoms with Crippen LogP contribution in [0.1, 0.15) is 31.1 Å². The average molecular weight is 453 g/mol. The first-order valence-electron chi connectivity index (χ1n) is 9.14. The molecule has 10 heteroatoms. The zero-order valence-electron chi connectivity index (χ0n) is 17.8. The number of hydrogen-bond donors (Lipinski definition) is 1. The number of esters is 1. The van der Waals surface area contributed by atoms with Gasteiger partial charge in [0.2, 0.25) is 0 Å². The van der Waals surface area contributed by atoms with Crippen molar-refractivity contribution in [1.82, 2.24) is 0 Å². The molecule has 0 amide bonds. The molecule has 2 aromatic rings. The molecule has 8 nitrogen and oxygen atoms in total. The van der Waals surface area contributed by atoms with Crippen molar-refractivity contribution in [3.63, 3.8) is 0 Å². The fourth-order valence-electron chi connectivity index (χ4n) is 2.42. The van der Waals surface area contributed by atoms with Crippen LogP contribution in [0.5, 0.6) is 11.5 Å². The molecule has 168 valence electrons. The maximum atomic E-state index is 13.9. The number of nitrogens with one attached hydrogen (secondary N) is 1. The molecule has 1 N–H and O–H groups in total. The number of para-hydroxylation sites is 1. The Morgan fingerprint density at radius 1 is 1.06 bits per heavy atom. The predicted molar refractivity (Wildman–Crippen MR) is 111 cm³/mol. The Bertz CT molecular complexity index is 1090. The van der Waals surface area contributed by atoms with E-state index in [-0.39, 0.29) is 33.4 Å². The van der Waals surface area contributed by atoms with Gasteiger partial charge in [0.1, 0.15) is 11.4 Å². The number of ether oxygens (including phenoxy) is 3. The zero-order chi connectivity index (χ0) is 23.4. The summed E-state index contributed by atoms with van der Waals surface area (Å²) in [5.74, 6) is -2.20. The molecule has 0 spiro atoms. The number of carbonyl (C=O) groups excluding carboxylic acids is 2. The van der Waals surface area contributed by atoms with Crippen molar-refractivity contribution in [1.29, 1.82) is 0 Å². The van der Waals surface area contributed by atoms with Crippen LogP contribution in [0.2, 0.25) is 0 Å². The summed E-state index contributed by atoms with van der Waals surface area (Å²) in [4.78, 5) is 24.3. The molecule has 0 unspecified atom stereocenters. The number of sulfonamides is 1. The van der Waals surface area contributed by atoms with E-state index < -0.39 is 33.8 Å². The maximum absolute atomic E-state index is 13.9. The Labute approximate surface area is 180 Å². The van der Waals surface area contributed by atoms with Gasteiger partial charge in [0.25, 0.3) is 10.0 Å². The molecular weight excluding hydrogens is 429 g/mol. The van der Waals surface area contributed by atoms with Crippen LogP contribution in [0.3, 0.4) is 0 Å². The highest BCUT2D eigenvalue weighted by atomic mass is 32.2. The van der Waals surface area contributed by atoms with E-state index in [0.717, 1.165) is 18.2 Å². The number of benzene rings is 2. The third kappa shape index (κ3) is 5.72. The molecule has 0 heterocycles. The molecule has 0 saturated heterocycles. The van der Waals surface area contributed by atoms with E-state index in [1.165, 1.54) is 32.4 Å². The van der Waals surface area contributed by atoms with E-state index in [1.807, 2.05) is 0 Å². The van der Waals surface area contributed by atoms with E-state index in [9.17, 15) is 22.4 Å². The van der Waals surface area contributed by atoms with Crippen molar-refractivity contribution in [2.45, 2.75) is 25.7 Å². The summed E-state index contributed by atoms with van der Waals surface area (Å²) in [7, 11) is -1.78. The third-order valence-corrected chi connectivity index (χ3v) is 5.62. The summed E-state index contributed by atoms with van der Waals surface area (Å²) in [5.41, 5.74) is -1.26. The monoisotopic (exact) mass is 453 g/mol. The Morgan fingerprint density at radius 3 is 2.26 bits per heavy atom. The van der Waals surface area contributed by atoms with Crippen LogP contribution in [-0.2, 0) is 19.6 Å². The maximum Gasteiger partial charge on any atom is 0.342 e. The Balaban J connectivity index is 2.45. The summed E-state index contributed by atoms with van der Waals surface area (Å²) in [6.45, 7) is 4.52. The minimum absolute atomic E-state index is 0.0620. The van der Waals surface area contributed by atoms with E-state index in [1.54, 1.807) is 20.8 Å². The van der Waals surface area contributed by atoms with Gasteiger partial charge in [-0.05, 0) is 18.2 Å². The first-order chi connectivity index (χ1) is 14.4. The Hall–Kier alpha value is -3.14. The summed E-state index contributed by atoms with van der Waals surface area (Å²) in [6, 6.07) is 7.36. The number of anilines is 1. The van der Waals surface area contributed by atoms with Gasteiger partial charge < -0.3 is 14.2 Å². The molecule has 0 atom stereocenters. The van der Waals surface area contributed by atoms with Crippen LogP contribution in [0.15, 0.2) is 41.3 Å². The Morgan fingerprint density at radius 2 is 1.71 bits per heavy atom. The lowest BCUT2D eigenvalue weighted by molar-refractivity contribution is -0.129. The number of methoxy groups -OCH3 is 2. The molecule has 2 aromatic carbocycles. The lowest BCUT2D eigenvalue weighted by Gasteiger charge is -2.18. The fourth-order valence-corrected chi connectivity index (χ4v) is 3.53. The van der Waals surface area contributed by atoms with Gasteiger partial charge in [-0.3, -0.25) is 9.52 Å². The molecule has 0 bridgehead atoms. The highest BCUT2D eigenvalue weighted by Gasteiger charge is 2.27. The van der Waals surface area contributed by atoms with Crippen molar-refractivity contribution in [2.75, 3.05) is 25.5 Å². The van der Waals surface area contributed by atoms with Gasteiger partial charge in [-0.1, -0.05) is 32.9 Å². The number of rotatable bonds is 8. The third-order valence-electron chi connectivity index (χ3n) is 4.27. The van der Waals surface area contributed by atoms with E-state index in [4.69, 9.17) is 14.2 Å². The molecule has 0 radical (unpaired) electrons. The SMILES string of the molecule is COc1cc(S(=O)(=O)Nc2ccccc2F)cc(C(=O)OCC(=O)C(C)(C)C)c1OC. The first kappa shape index (κ1) is 24.1. The molecule has 0 aromatic heterocycles. The molecule has 2 rings (SSSR count). The second-order valence-corrected chi connectivity index (χ2v) is 9.22. The van der Waals surface area contributed by atoms with Crippen molar-refractivity contribution < 1.29 is 36.6 Å². The number of Topliss-reactive ketones (excluding diaryl/α,β-unsaturated/α-hetero) is 1. The predicted octanol–water partition coefficient (Wildman–Crippen LogP) is 3.42. The number of ketones is 1. The van der Waals surface area contributed by atoms with E-state index in [0.29, 0.717) is 0 Å². The second-order valence-electron chi connectivity index (χ2n) is 7.54. The van der Waals surface area contributed by atoms with Crippen LogP contribution in [0.4, 0.5) is 10.1 Å². The number of hydrogen-bond acceptors (Lipinski definition) is 7. The van der Waals surface area contributed by atoms with Crippen molar-refractivity contribution >= 4 is 27.5 Å². The quantitative estimate of drug-likeness (QED) is 0.610. The van der Waals surface area contributed by atoms with Gasteiger partial charge in [0.05, 0.1) is 24.8 Å². The van der Waals surface area contributed by atoms with Crippen molar-refractivity contribution in [3.8, 4) is 11.5 Å². The molecule has 0 saturated carbocycles. The largest absolute Gasteiger partial charge is 0.493 e. The lowest BCUT2D eigenvalue weighted by atomic mass is 9.91. The molecule has 0 aliphatic heterocycles. The summed E-state index contributed by atoms with van der Waals surface area (Å²) < 4.78 is 57.0. The van der Waals surface area contributed by atoms with Crippen LogP contribution in [0, 0.1) is 11.2 Å². The summed E-state index contributed by atoms with van der Waals surface area (Å²) in [5, 5.41) is 0. The molecule has 0 aliphatic carbocycles. The normalized spacial score (nSPS) is 11.5. The van der Waals surface area contributed by atoms with Gasteiger partial charge in [-0.15, -0.1) is 0 Å². The number of halogens is 1. The minimum atomic E-state index is -4.30. The van der Waals surface area contributed by atoms with Gasteiger partial charge in [0, 0.05) is 11.5 Å². The first-order valence-corrected chi connectivity index (χ1v) is 10.6. The van der Waals surface area contributed by atoms with Gasteiger partial charge in [-0.25, -0.2) is 17.6 Å². The van der Waals surface area contributed by atoms with Crippen molar-refractivity contribution in [2.24, 2.45) is 5.41 Å². The smallest absolute Gasteiger partial charge is 0.342 e. The van der Waals surface area contributed by atoms with Crippen LogP contribution in [0.25, 0.3) is 0 Å². The van der Waals surface area contributed by atoms with E-state index >= 15 is 0 Å². The fraction of sp³-hybridized carbons (Fsp3) is 0.333. The highest BCUT2D eigenvalue weighted by molar-refractivity contribution is 7.92. The molecule has 31 heavy (non-hydrogen) atoms. The zero-order valence-corrected chi connectivity index (χ0v) is 18.6. The van der Waals surface area contributed by atoms with Crippen LogP contribution >= 0.6 is 0 Å². The Kier molecular flexibility index (Phi) is 7.27. The molecule has 0 aliphatic rings. The van der Waals surface area contributed by atoms with Crippen LogP contribution in [-0.4, -0.2) is 41.0 Å². The highest BCUT2D eigenvalue weighted by Crippen LogP contribution is 2.35. The minimum Gasteiger partial charge on any atom is -0.493 e. The van der Waals surface area contributed by atoms with Crippen LogP contribution < -0.4 is 14.2 Å². The average Bonchev–Trinajstić information content (AvgIpc) is 2.71. The van der Waals surface area contributed by atoms with Gasteiger partial charge in [0.15, 0.2) is 23.9 Å². The second kappa shape index (κ2) is 9.34. The summed E-state index contributed by atoms with van der Waals surface area (Å²) in [6.07, 6.45) is 0. The van der Waals surface area contributed by atoms with Crippen molar-refractivity contribution in [3.05, 3.63) is 47.8 Å². The summed E-state index contributed by atoms with van der Waals surface area (Å²) >= 11 is 0. The molecular formula is C21H24FNO7S. The van der Waals surface area contributed by atoms with Gasteiger partial charge in [-0.2, -0.15) is 0 Å². The lowest BCUT2D eigenvalue weighted by Crippen LogP contribution is -2.26. The topological polar surface area (TPSA) is 108 Å². The standard InChI is InChI=1S/C21H24FNO7S/c1-21(2,3)18(24)12-30-20(25)14-10-13(11-17(28-4)19(14)29-5)31(26,27)23-16-9-7-6-8-15(16)22/h6-11,23H,12H2,1-5H3. The number of carbonyl (C=O) groups is 2. The van der Waals surface area contributed by atoms with E-state index in [2.05, 4.69) is 4.72 Å². The van der Waals surface area contributed by atoms with Gasteiger partial charge >= 0.3 is 5.97 Å².